The molecule has 0 aliphatic carbocycles. The van der Waals surface area contributed by atoms with Crippen molar-refractivity contribution < 1.29 is 0 Å². The number of anilines is 1. The summed E-state index contributed by atoms with van der Waals surface area (Å²) in [4.78, 5) is 2.50. The number of piperidine rings is 1. The molecule has 0 saturated carbocycles. The number of benzene rings is 1. The summed E-state index contributed by atoms with van der Waals surface area (Å²) in [6.45, 7) is 11.8. The number of hydrogen-bond donors (Lipinski definition) is 1. The first kappa shape index (κ1) is 18.5. The average Bonchev–Trinajstić information content (AvgIpc) is 2.61. The summed E-state index contributed by atoms with van der Waals surface area (Å²) in [5.74, 6) is 0.621. The topological polar surface area (TPSA) is 15.3 Å². The molecule has 1 N–H and O–H groups in total. The molecule has 0 atom stereocenters. The lowest BCUT2D eigenvalue weighted by Crippen LogP contribution is -2.33. The molecule has 1 heterocycles. The van der Waals surface area contributed by atoms with Crippen molar-refractivity contribution in [3.63, 3.8) is 0 Å². The molecule has 0 unspecified atom stereocenters. The molecular weight excluding hydrogens is 292 g/mol. The molecule has 1 aliphatic rings. The molecule has 1 aliphatic heterocycles. The lowest BCUT2D eigenvalue weighted by Gasteiger charge is -2.34. The molecule has 0 radical (unpaired) electrons. The van der Waals surface area contributed by atoms with E-state index in [-0.39, 0.29) is 0 Å². The summed E-state index contributed by atoms with van der Waals surface area (Å²) < 4.78 is 0. The van der Waals surface area contributed by atoms with Crippen LogP contribution in [0.25, 0.3) is 0 Å². The van der Waals surface area contributed by atoms with Gasteiger partial charge >= 0.3 is 0 Å². The predicted molar refractivity (Wildman–Crippen MR) is 106 cm³/mol. The fourth-order valence-corrected chi connectivity index (χ4v) is 3.30. The van der Waals surface area contributed by atoms with E-state index in [1.54, 1.807) is 0 Å². The minimum Gasteiger partial charge on any atom is -0.371 e. The largest absolute Gasteiger partial charge is 0.371 e. The van der Waals surface area contributed by atoms with Crippen LogP contribution < -0.4 is 10.2 Å². The molecule has 24 heavy (non-hydrogen) atoms. The standard InChI is InChI=1S/C22H32N2/c1-5-6-18(2)7-8-19(3)21-13-15-24(16-14-21)22-11-9-20(10-12-22)17-23-4/h6-12,21,23H,3,5,13-17H2,1-2,4H3/b8-7-,18-6-. The quantitative estimate of drug-likeness (QED) is 0.703. The van der Waals surface area contributed by atoms with E-state index in [1.165, 1.54) is 35.2 Å². The van der Waals surface area contributed by atoms with Crippen molar-refractivity contribution in [1.29, 1.82) is 0 Å². The van der Waals surface area contributed by atoms with Crippen molar-refractivity contribution in [2.24, 2.45) is 5.92 Å². The average molecular weight is 325 g/mol. The summed E-state index contributed by atoms with van der Waals surface area (Å²) in [6.07, 6.45) is 10.2. The maximum atomic E-state index is 4.30. The zero-order valence-electron chi connectivity index (χ0n) is 15.5. The summed E-state index contributed by atoms with van der Waals surface area (Å²) in [6, 6.07) is 8.95. The van der Waals surface area contributed by atoms with Crippen LogP contribution in [0, 0.1) is 5.92 Å². The van der Waals surface area contributed by atoms with Crippen LogP contribution in [0.1, 0.15) is 38.7 Å². The third kappa shape index (κ3) is 5.38. The second-order valence-electron chi connectivity index (χ2n) is 6.72. The molecule has 1 fully saturated rings. The zero-order chi connectivity index (χ0) is 17.4. The van der Waals surface area contributed by atoms with Crippen molar-refractivity contribution in [2.45, 2.75) is 39.7 Å². The fraction of sp³-hybridized carbons (Fsp3) is 0.455. The van der Waals surface area contributed by atoms with E-state index < -0.39 is 0 Å². The molecule has 1 aromatic rings. The van der Waals surface area contributed by atoms with Crippen molar-refractivity contribution in [3.05, 3.63) is 65.8 Å². The Balaban J connectivity index is 1.86. The highest BCUT2D eigenvalue weighted by molar-refractivity contribution is 5.48. The van der Waals surface area contributed by atoms with Gasteiger partial charge in [-0.25, -0.2) is 0 Å². The molecule has 2 nitrogen and oxygen atoms in total. The van der Waals surface area contributed by atoms with Crippen molar-refractivity contribution in [1.82, 2.24) is 5.32 Å². The molecule has 1 saturated heterocycles. The van der Waals surface area contributed by atoms with Crippen LogP contribution in [0.15, 0.2) is 60.2 Å². The van der Waals surface area contributed by atoms with Crippen molar-refractivity contribution in [2.75, 3.05) is 25.0 Å². The maximum absolute atomic E-state index is 4.30. The summed E-state index contributed by atoms with van der Waals surface area (Å²) in [5, 5.41) is 3.20. The predicted octanol–water partition coefficient (Wildman–Crippen LogP) is 5.09. The van der Waals surface area contributed by atoms with Crippen molar-refractivity contribution in [3.8, 4) is 0 Å². The Morgan fingerprint density at radius 2 is 1.88 bits per heavy atom. The zero-order valence-corrected chi connectivity index (χ0v) is 15.5. The van der Waals surface area contributed by atoms with Gasteiger partial charge in [-0.1, -0.05) is 55.0 Å². The van der Waals surface area contributed by atoms with Gasteiger partial charge in [0.15, 0.2) is 0 Å². The molecule has 0 aromatic heterocycles. The second kappa shape index (κ2) is 9.48. The van der Waals surface area contributed by atoms with Gasteiger partial charge in [0, 0.05) is 25.3 Å². The molecule has 1 aromatic carbocycles. The van der Waals surface area contributed by atoms with E-state index in [2.05, 4.69) is 73.1 Å². The highest BCUT2D eigenvalue weighted by Gasteiger charge is 2.20. The Morgan fingerprint density at radius 1 is 1.21 bits per heavy atom. The third-order valence-electron chi connectivity index (χ3n) is 4.79. The van der Waals surface area contributed by atoms with Crippen LogP contribution in [-0.4, -0.2) is 20.1 Å². The lowest BCUT2D eigenvalue weighted by atomic mass is 9.89. The second-order valence-corrected chi connectivity index (χ2v) is 6.72. The first-order chi connectivity index (χ1) is 11.6. The highest BCUT2D eigenvalue weighted by Crippen LogP contribution is 2.28. The number of hydrogen-bond acceptors (Lipinski definition) is 2. The highest BCUT2D eigenvalue weighted by atomic mass is 15.1. The van der Waals surface area contributed by atoms with E-state index in [9.17, 15) is 0 Å². The number of rotatable bonds is 7. The van der Waals surface area contributed by atoms with E-state index in [1.807, 2.05) is 7.05 Å². The Hall–Kier alpha value is -1.80. The van der Waals surface area contributed by atoms with Gasteiger partial charge in [0.25, 0.3) is 0 Å². The monoisotopic (exact) mass is 324 g/mol. The first-order valence-corrected chi connectivity index (χ1v) is 9.16. The minimum atomic E-state index is 0.621. The van der Waals surface area contributed by atoms with Crippen LogP contribution in [0.4, 0.5) is 5.69 Å². The van der Waals surface area contributed by atoms with Gasteiger partial charge in [0.1, 0.15) is 0 Å². The van der Waals surface area contributed by atoms with Crippen LogP contribution in [0.2, 0.25) is 0 Å². The number of nitrogens with zero attached hydrogens (tertiary/aromatic N) is 1. The van der Waals surface area contributed by atoms with Gasteiger partial charge in [-0.2, -0.15) is 0 Å². The molecular formula is C22H32N2. The van der Waals surface area contributed by atoms with Crippen LogP contribution in [-0.2, 0) is 6.54 Å². The molecule has 0 bridgehead atoms. The maximum Gasteiger partial charge on any atom is 0.0366 e. The van der Waals surface area contributed by atoms with E-state index in [0.717, 1.165) is 26.1 Å². The van der Waals surface area contributed by atoms with Crippen LogP contribution in [0.3, 0.4) is 0 Å². The molecule has 130 valence electrons. The normalized spacial score (nSPS) is 16.8. The van der Waals surface area contributed by atoms with Crippen LogP contribution >= 0.6 is 0 Å². The Morgan fingerprint density at radius 3 is 2.46 bits per heavy atom. The number of nitrogens with one attached hydrogen (secondary N) is 1. The third-order valence-corrected chi connectivity index (χ3v) is 4.79. The first-order valence-electron chi connectivity index (χ1n) is 9.16. The van der Waals surface area contributed by atoms with E-state index in [0.29, 0.717) is 5.92 Å². The smallest absolute Gasteiger partial charge is 0.0366 e. The lowest BCUT2D eigenvalue weighted by molar-refractivity contribution is 0.466. The van der Waals surface area contributed by atoms with Gasteiger partial charge in [-0.15, -0.1) is 0 Å². The Kier molecular flexibility index (Phi) is 7.33. The molecule has 0 spiro atoms. The van der Waals surface area contributed by atoms with Gasteiger partial charge in [-0.05, 0) is 56.8 Å². The molecule has 2 heteroatoms. The minimum absolute atomic E-state index is 0.621. The molecule has 2 rings (SSSR count). The van der Waals surface area contributed by atoms with Gasteiger partial charge in [0.2, 0.25) is 0 Å². The Labute approximate surface area is 148 Å². The van der Waals surface area contributed by atoms with Crippen LogP contribution in [0.5, 0.6) is 0 Å². The summed E-state index contributed by atoms with van der Waals surface area (Å²) in [7, 11) is 1.99. The van der Waals surface area contributed by atoms with Gasteiger partial charge in [-0.3, -0.25) is 0 Å². The van der Waals surface area contributed by atoms with E-state index in [4.69, 9.17) is 0 Å². The van der Waals surface area contributed by atoms with Crippen molar-refractivity contribution >= 4 is 5.69 Å². The Bertz CT molecular complexity index is 572. The molecule has 0 amide bonds. The summed E-state index contributed by atoms with van der Waals surface area (Å²) >= 11 is 0. The van der Waals surface area contributed by atoms with Gasteiger partial charge < -0.3 is 10.2 Å². The van der Waals surface area contributed by atoms with Gasteiger partial charge in [0.05, 0.1) is 0 Å². The fourth-order valence-electron chi connectivity index (χ4n) is 3.30. The SMILES string of the molecule is C=C(/C=C\C(C)=C/CC)C1CCN(c2ccc(CNC)cc2)CC1. The van der Waals surface area contributed by atoms with E-state index >= 15 is 0 Å². The summed E-state index contributed by atoms with van der Waals surface area (Å²) in [5.41, 5.74) is 5.29. The number of allylic oxidation sites excluding steroid dienone is 5.